The lowest BCUT2D eigenvalue weighted by molar-refractivity contribution is 0.0632. The van der Waals surface area contributed by atoms with Crippen molar-refractivity contribution in [1.29, 1.82) is 0 Å². The van der Waals surface area contributed by atoms with Gasteiger partial charge in [0, 0.05) is 26.3 Å². The fourth-order valence-electron chi connectivity index (χ4n) is 2.44. The van der Waals surface area contributed by atoms with Gasteiger partial charge in [-0.15, -0.1) is 0 Å². The Morgan fingerprint density at radius 3 is 2.35 bits per heavy atom. The van der Waals surface area contributed by atoms with Crippen LogP contribution < -0.4 is 5.73 Å². The Balaban J connectivity index is 2.36. The minimum atomic E-state index is -3.56. The molecule has 1 heterocycles. The lowest BCUT2D eigenvalue weighted by Crippen LogP contribution is -2.40. The second-order valence-electron chi connectivity index (χ2n) is 5.34. The van der Waals surface area contributed by atoms with Crippen LogP contribution >= 0.6 is 0 Å². The van der Waals surface area contributed by atoms with E-state index in [0.29, 0.717) is 18.9 Å². The van der Waals surface area contributed by atoms with Gasteiger partial charge in [-0.25, -0.2) is 8.42 Å². The van der Waals surface area contributed by atoms with Crippen molar-refractivity contribution in [3.8, 4) is 0 Å². The molecular weight excluding hydrogens is 276 g/mol. The number of sulfonamides is 1. The van der Waals surface area contributed by atoms with E-state index in [-0.39, 0.29) is 10.9 Å². The number of nitrogens with two attached hydrogens (primary N) is 1. The molecule has 20 heavy (non-hydrogen) atoms. The van der Waals surface area contributed by atoms with Gasteiger partial charge in [-0.05, 0) is 49.9 Å². The molecule has 0 unspecified atom stereocenters. The van der Waals surface area contributed by atoms with Crippen LogP contribution in [0, 0.1) is 13.8 Å². The molecule has 6 heteroatoms. The van der Waals surface area contributed by atoms with Gasteiger partial charge in [-0.2, -0.15) is 4.31 Å². The van der Waals surface area contributed by atoms with Gasteiger partial charge in [-0.3, -0.25) is 0 Å². The van der Waals surface area contributed by atoms with E-state index in [0.717, 1.165) is 24.0 Å². The van der Waals surface area contributed by atoms with Crippen molar-refractivity contribution < 1.29 is 13.2 Å². The minimum Gasteiger partial charge on any atom is -0.398 e. The molecule has 0 radical (unpaired) electrons. The number of aryl methyl sites for hydroxylation is 2. The van der Waals surface area contributed by atoms with Crippen LogP contribution in [-0.2, 0) is 14.8 Å². The van der Waals surface area contributed by atoms with Gasteiger partial charge in [-0.1, -0.05) is 0 Å². The molecule has 1 aromatic rings. The number of anilines is 1. The van der Waals surface area contributed by atoms with Crippen molar-refractivity contribution in [2.45, 2.75) is 37.6 Å². The average molecular weight is 298 g/mol. The number of nitrogens with zero attached hydrogens (tertiary/aromatic N) is 1. The summed E-state index contributed by atoms with van der Waals surface area (Å²) in [6.07, 6.45) is 1.45. The maximum Gasteiger partial charge on any atom is 0.245 e. The zero-order chi connectivity index (χ0) is 14.9. The number of benzene rings is 1. The molecule has 0 spiro atoms. The van der Waals surface area contributed by atoms with Crippen LogP contribution in [0.25, 0.3) is 0 Å². The summed E-state index contributed by atoms with van der Waals surface area (Å²) in [5, 5.41) is 0. The highest BCUT2D eigenvalue weighted by atomic mass is 32.2. The fraction of sp³-hybridized carbons (Fsp3) is 0.571. The Morgan fingerprint density at radius 1 is 1.20 bits per heavy atom. The molecule has 0 atom stereocenters. The van der Waals surface area contributed by atoms with E-state index in [1.54, 1.807) is 19.2 Å². The first-order chi connectivity index (χ1) is 9.34. The molecule has 0 amide bonds. The molecule has 1 saturated heterocycles. The highest BCUT2D eigenvalue weighted by Crippen LogP contribution is 2.28. The average Bonchev–Trinajstić information content (AvgIpc) is 2.42. The van der Waals surface area contributed by atoms with E-state index in [9.17, 15) is 8.42 Å². The minimum absolute atomic E-state index is 0.0187. The molecule has 1 aliphatic rings. The molecular formula is C14H22N2O3S. The van der Waals surface area contributed by atoms with E-state index in [2.05, 4.69) is 0 Å². The first kappa shape index (κ1) is 15.3. The van der Waals surface area contributed by atoms with Crippen molar-refractivity contribution in [2.24, 2.45) is 0 Å². The maximum absolute atomic E-state index is 12.7. The normalized spacial score (nSPS) is 17.6. The van der Waals surface area contributed by atoms with Gasteiger partial charge in [0.25, 0.3) is 0 Å². The smallest absolute Gasteiger partial charge is 0.245 e. The summed E-state index contributed by atoms with van der Waals surface area (Å²) in [6.45, 7) is 5.02. The van der Waals surface area contributed by atoms with Crippen molar-refractivity contribution in [2.75, 3.05) is 26.0 Å². The van der Waals surface area contributed by atoms with Gasteiger partial charge in [0.2, 0.25) is 10.0 Å². The van der Waals surface area contributed by atoms with Gasteiger partial charge < -0.3 is 10.5 Å². The third kappa shape index (κ3) is 2.82. The summed E-state index contributed by atoms with van der Waals surface area (Å²) in [4.78, 5) is 0.203. The maximum atomic E-state index is 12.7. The van der Waals surface area contributed by atoms with E-state index < -0.39 is 10.0 Å². The lowest BCUT2D eigenvalue weighted by atomic mass is 10.1. The zero-order valence-corrected chi connectivity index (χ0v) is 13.0. The summed E-state index contributed by atoms with van der Waals surface area (Å²) >= 11 is 0. The van der Waals surface area contributed by atoms with Crippen LogP contribution in [0.4, 0.5) is 5.69 Å². The third-order valence-corrected chi connectivity index (χ3v) is 5.95. The molecule has 1 aromatic carbocycles. The van der Waals surface area contributed by atoms with Crippen molar-refractivity contribution >= 4 is 15.7 Å². The molecule has 112 valence electrons. The molecule has 1 aliphatic heterocycles. The molecule has 0 saturated carbocycles. The molecule has 0 aromatic heterocycles. The third-order valence-electron chi connectivity index (χ3n) is 3.99. The van der Waals surface area contributed by atoms with Crippen LogP contribution in [-0.4, -0.2) is 39.0 Å². The summed E-state index contributed by atoms with van der Waals surface area (Å²) in [5.41, 5.74) is 8.15. The Hall–Kier alpha value is -1.11. The Bertz CT molecular complexity index is 593. The number of hydrogen-bond donors (Lipinski definition) is 1. The number of rotatable bonds is 3. The number of hydrogen-bond acceptors (Lipinski definition) is 4. The first-order valence-corrected chi connectivity index (χ1v) is 8.20. The molecule has 5 nitrogen and oxygen atoms in total. The van der Waals surface area contributed by atoms with Crippen LogP contribution in [0.2, 0.25) is 0 Å². The van der Waals surface area contributed by atoms with Crippen LogP contribution in [0.3, 0.4) is 0 Å². The highest BCUT2D eigenvalue weighted by Gasteiger charge is 2.30. The largest absolute Gasteiger partial charge is 0.398 e. The molecule has 2 rings (SSSR count). The highest BCUT2D eigenvalue weighted by molar-refractivity contribution is 7.89. The molecule has 2 N–H and O–H groups in total. The Kier molecular flexibility index (Phi) is 4.36. The lowest BCUT2D eigenvalue weighted by Gasteiger charge is -2.30. The van der Waals surface area contributed by atoms with Crippen LogP contribution in [0.15, 0.2) is 17.0 Å². The summed E-state index contributed by atoms with van der Waals surface area (Å²) < 4.78 is 32.2. The van der Waals surface area contributed by atoms with Gasteiger partial charge in [0.05, 0.1) is 5.69 Å². The first-order valence-electron chi connectivity index (χ1n) is 6.76. The summed E-state index contributed by atoms with van der Waals surface area (Å²) in [7, 11) is -1.93. The van der Waals surface area contributed by atoms with E-state index in [1.807, 2.05) is 13.8 Å². The Labute approximate surface area is 120 Å². The summed E-state index contributed by atoms with van der Waals surface area (Å²) in [5.74, 6) is 0. The number of nitrogen functional groups attached to an aromatic ring is 1. The standard InChI is InChI=1S/C14H22N2O3S/c1-10-8-13(15)14(9-11(10)2)20(17,18)16(3)12-4-6-19-7-5-12/h8-9,12H,4-7,15H2,1-3H3. The van der Waals surface area contributed by atoms with Crippen LogP contribution in [0.5, 0.6) is 0 Å². The van der Waals surface area contributed by atoms with E-state index >= 15 is 0 Å². The Morgan fingerprint density at radius 2 is 1.75 bits per heavy atom. The quantitative estimate of drug-likeness (QED) is 0.862. The van der Waals surface area contributed by atoms with Gasteiger partial charge in [0.1, 0.15) is 4.90 Å². The topological polar surface area (TPSA) is 72.6 Å². The second-order valence-corrected chi connectivity index (χ2v) is 7.31. The second kappa shape index (κ2) is 5.71. The molecule has 0 bridgehead atoms. The van der Waals surface area contributed by atoms with Gasteiger partial charge in [0.15, 0.2) is 0 Å². The van der Waals surface area contributed by atoms with E-state index in [1.165, 1.54) is 4.31 Å². The predicted molar refractivity (Wildman–Crippen MR) is 79.1 cm³/mol. The monoisotopic (exact) mass is 298 g/mol. The summed E-state index contributed by atoms with van der Waals surface area (Å²) in [6, 6.07) is 3.37. The van der Waals surface area contributed by atoms with E-state index in [4.69, 9.17) is 10.5 Å². The number of ether oxygens (including phenoxy) is 1. The zero-order valence-electron chi connectivity index (χ0n) is 12.2. The molecule has 0 aliphatic carbocycles. The fourth-order valence-corrected chi connectivity index (χ4v) is 4.03. The van der Waals surface area contributed by atoms with Crippen molar-refractivity contribution in [1.82, 2.24) is 4.31 Å². The SMILES string of the molecule is Cc1cc(N)c(S(=O)(=O)N(C)C2CCOCC2)cc1C. The van der Waals surface area contributed by atoms with Crippen molar-refractivity contribution in [3.05, 3.63) is 23.3 Å². The predicted octanol–water partition coefficient (Wildman–Crippen LogP) is 1.69. The van der Waals surface area contributed by atoms with Crippen molar-refractivity contribution in [3.63, 3.8) is 0 Å². The van der Waals surface area contributed by atoms with Crippen LogP contribution in [0.1, 0.15) is 24.0 Å². The molecule has 1 fully saturated rings. The van der Waals surface area contributed by atoms with Gasteiger partial charge >= 0.3 is 0 Å².